The number of aliphatic carboxylic acids is 1. The smallest absolute Gasteiger partial charge is 0.330 e. The summed E-state index contributed by atoms with van der Waals surface area (Å²) in [7, 11) is 1.46. The number of carboxylic acid groups (broad SMARTS) is 1. The molecule has 186 valence electrons. The van der Waals surface area contributed by atoms with Crippen LogP contribution in [-0.2, 0) is 14.3 Å². The van der Waals surface area contributed by atoms with E-state index in [0.717, 1.165) is 5.52 Å². The van der Waals surface area contributed by atoms with Gasteiger partial charge in [-0.25, -0.2) is 0 Å². The number of hydroxylamine groups is 1. The topological polar surface area (TPSA) is 161 Å². The molecule has 35 heavy (non-hydrogen) atoms. The summed E-state index contributed by atoms with van der Waals surface area (Å²) in [4.78, 5) is 45.6. The minimum Gasteiger partial charge on any atom is -0.481 e. The Hall–Kier alpha value is -3.49. The fourth-order valence-corrected chi connectivity index (χ4v) is 3.96. The zero-order valence-corrected chi connectivity index (χ0v) is 20.3. The molecule has 0 aliphatic carbocycles. The van der Waals surface area contributed by atoms with Gasteiger partial charge in [0.25, 0.3) is 0 Å². The Balaban J connectivity index is 1.56. The highest BCUT2D eigenvalue weighted by atomic mass is 79.9. The second kappa shape index (κ2) is 11.3. The van der Waals surface area contributed by atoms with Crippen LogP contribution in [0.2, 0.25) is 0 Å². The van der Waals surface area contributed by atoms with Gasteiger partial charge in [0.05, 0.1) is 41.7 Å². The van der Waals surface area contributed by atoms with E-state index in [9.17, 15) is 9.59 Å². The van der Waals surface area contributed by atoms with E-state index in [1.807, 2.05) is 4.90 Å². The molecule has 3 N–H and O–H groups in total. The first-order valence-electron chi connectivity index (χ1n) is 10.7. The van der Waals surface area contributed by atoms with E-state index in [1.165, 1.54) is 7.11 Å². The molecule has 14 heteroatoms. The number of morpholine rings is 1. The fourth-order valence-electron chi connectivity index (χ4n) is 3.33. The van der Waals surface area contributed by atoms with Crippen molar-refractivity contribution in [3.05, 3.63) is 22.8 Å². The number of aromatic nitrogens is 4. The van der Waals surface area contributed by atoms with E-state index in [-0.39, 0.29) is 24.9 Å². The Morgan fingerprint density at radius 1 is 1.29 bits per heavy atom. The fraction of sp³-hybridized carbons (Fsp3) is 0.381. The van der Waals surface area contributed by atoms with Crippen molar-refractivity contribution in [2.24, 2.45) is 0 Å². The average molecular weight is 551 g/mol. The predicted molar refractivity (Wildman–Crippen MR) is 126 cm³/mol. The summed E-state index contributed by atoms with van der Waals surface area (Å²) in [6.07, 6.45) is 2.12. The molecule has 1 aliphatic heterocycles. The van der Waals surface area contributed by atoms with Crippen molar-refractivity contribution in [2.45, 2.75) is 18.9 Å². The molecule has 4 rings (SSSR count). The number of aldehydes is 1. The van der Waals surface area contributed by atoms with Crippen LogP contribution in [-0.4, -0.2) is 76.8 Å². The largest absolute Gasteiger partial charge is 0.481 e. The van der Waals surface area contributed by atoms with Crippen LogP contribution in [0.25, 0.3) is 10.9 Å². The van der Waals surface area contributed by atoms with Crippen molar-refractivity contribution in [1.29, 1.82) is 0 Å². The monoisotopic (exact) mass is 550 g/mol. The minimum atomic E-state index is -0.998. The van der Waals surface area contributed by atoms with Gasteiger partial charge in [-0.15, -0.1) is 10.5 Å². The van der Waals surface area contributed by atoms with Gasteiger partial charge in [0, 0.05) is 25.7 Å². The van der Waals surface area contributed by atoms with Crippen molar-refractivity contribution < 1.29 is 33.7 Å². The van der Waals surface area contributed by atoms with E-state index in [4.69, 9.17) is 24.2 Å². The number of anilines is 1. The van der Waals surface area contributed by atoms with Crippen LogP contribution in [0.1, 0.15) is 12.8 Å². The molecule has 1 aliphatic rings. The first-order chi connectivity index (χ1) is 17.0. The summed E-state index contributed by atoms with van der Waals surface area (Å²) >= 11 is 3.54. The van der Waals surface area contributed by atoms with Crippen molar-refractivity contribution in [2.75, 3.05) is 38.3 Å². The van der Waals surface area contributed by atoms with Gasteiger partial charge in [-0.1, -0.05) is 0 Å². The van der Waals surface area contributed by atoms with Crippen LogP contribution >= 0.6 is 15.9 Å². The molecule has 2 aromatic heterocycles. The molecule has 1 atom stereocenters. The number of fused-ring (bicyclic) bond motifs is 1. The molecule has 0 amide bonds. The number of H-pyrrole nitrogens is 1. The SMILES string of the molecule is COc1nc(Oc2ccc3[nH]cc(ON[C@H](C=O)CCC(=O)O)c3c2Br)nc(N2CCOCC2)n1. The lowest BCUT2D eigenvalue weighted by molar-refractivity contribution is -0.137. The molecule has 0 saturated carbocycles. The normalized spacial score (nSPS) is 14.5. The minimum absolute atomic E-state index is 0.0456. The average Bonchev–Trinajstić information content (AvgIpc) is 3.30. The maximum atomic E-state index is 11.2. The Morgan fingerprint density at radius 2 is 2.06 bits per heavy atom. The molecule has 0 unspecified atom stereocenters. The number of carbonyl (C=O) groups is 2. The number of aromatic amines is 1. The van der Waals surface area contributed by atoms with Gasteiger partial charge < -0.3 is 38.8 Å². The molecule has 1 fully saturated rings. The Labute approximate surface area is 207 Å². The molecule has 3 heterocycles. The molecule has 0 spiro atoms. The third-order valence-electron chi connectivity index (χ3n) is 5.13. The number of hydrogen-bond donors (Lipinski definition) is 3. The van der Waals surface area contributed by atoms with Crippen LogP contribution < -0.4 is 24.7 Å². The number of halogens is 1. The Morgan fingerprint density at radius 3 is 2.77 bits per heavy atom. The summed E-state index contributed by atoms with van der Waals surface area (Å²) in [6.45, 7) is 2.40. The lowest BCUT2D eigenvalue weighted by Gasteiger charge is -2.26. The Kier molecular flexibility index (Phi) is 7.94. The van der Waals surface area contributed by atoms with Crippen LogP contribution in [0.3, 0.4) is 0 Å². The third-order valence-corrected chi connectivity index (χ3v) is 5.91. The highest BCUT2D eigenvalue weighted by Gasteiger charge is 2.20. The van der Waals surface area contributed by atoms with Crippen molar-refractivity contribution >= 4 is 45.0 Å². The number of ether oxygens (including phenoxy) is 3. The van der Waals surface area contributed by atoms with Crippen LogP contribution in [0.5, 0.6) is 23.5 Å². The maximum Gasteiger partial charge on any atom is 0.330 e. The van der Waals surface area contributed by atoms with Gasteiger partial charge in [-0.3, -0.25) is 4.79 Å². The summed E-state index contributed by atoms with van der Waals surface area (Å²) in [5.41, 5.74) is 3.33. The highest BCUT2D eigenvalue weighted by Crippen LogP contribution is 2.40. The van der Waals surface area contributed by atoms with Crippen molar-refractivity contribution in [1.82, 2.24) is 25.4 Å². The number of benzene rings is 1. The molecular weight excluding hydrogens is 528 g/mol. The number of carboxylic acids is 1. The van der Waals surface area contributed by atoms with E-state index >= 15 is 0 Å². The maximum absolute atomic E-state index is 11.2. The lowest BCUT2D eigenvalue weighted by atomic mass is 10.2. The van der Waals surface area contributed by atoms with E-state index in [2.05, 4.69) is 41.3 Å². The van der Waals surface area contributed by atoms with Crippen LogP contribution in [0.4, 0.5) is 5.95 Å². The number of rotatable bonds is 11. The molecule has 0 bridgehead atoms. The second-order valence-corrected chi connectivity index (χ2v) is 8.25. The zero-order valence-electron chi connectivity index (χ0n) is 18.7. The van der Waals surface area contributed by atoms with Gasteiger partial charge in [-0.2, -0.15) is 9.97 Å². The molecule has 3 aromatic rings. The van der Waals surface area contributed by atoms with Crippen molar-refractivity contribution in [3.63, 3.8) is 0 Å². The van der Waals surface area contributed by atoms with E-state index < -0.39 is 12.0 Å². The quantitative estimate of drug-likeness (QED) is 0.235. The lowest BCUT2D eigenvalue weighted by Crippen LogP contribution is -2.37. The molecular formula is C21H23BrN6O7. The summed E-state index contributed by atoms with van der Waals surface area (Å²) in [6, 6.07) is 2.89. The summed E-state index contributed by atoms with van der Waals surface area (Å²) in [5.74, 6) is 0.202. The van der Waals surface area contributed by atoms with Crippen LogP contribution in [0, 0.1) is 0 Å². The van der Waals surface area contributed by atoms with Gasteiger partial charge in [-0.05, 0) is 34.5 Å². The number of methoxy groups -OCH3 is 1. The summed E-state index contributed by atoms with van der Waals surface area (Å²) in [5, 5.41) is 9.46. The molecule has 1 aromatic carbocycles. The number of nitrogens with one attached hydrogen (secondary N) is 2. The third kappa shape index (κ3) is 5.96. The zero-order chi connectivity index (χ0) is 24.8. The number of hydrogen-bond acceptors (Lipinski definition) is 11. The van der Waals surface area contributed by atoms with Gasteiger partial charge in [0.2, 0.25) is 5.95 Å². The molecule has 0 radical (unpaired) electrons. The first kappa shape index (κ1) is 24.6. The molecule has 13 nitrogen and oxygen atoms in total. The van der Waals surface area contributed by atoms with Gasteiger partial charge in [0.15, 0.2) is 5.75 Å². The second-order valence-electron chi connectivity index (χ2n) is 7.45. The van der Waals surface area contributed by atoms with Crippen LogP contribution in [0.15, 0.2) is 22.8 Å². The highest BCUT2D eigenvalue weighted by molar-refractivity contribution is 9.10. The summed E-state index contributed by atoms with van der Waals surface area (Å²) < 4.78 is 17.1. The number of nitrogens with zero attached hydrogens (tertiary/aromatic N) is 4. The van der Waals surface area contributed by atoms with Gasteiger partial charge in [0.1, 0.15) is 12.0 Å². The van der Waals surface area contributed by atoms with E-state index in [0.29, 0.717) is 59.9 Å². The standard InChI is InChI=1S/C21H23BrN6O7/c1-32-20-24-19(28-6-8-33-9-7-28)25-21(26-20)34-14-4-3-13-17(18(14)22)15(10-23-13)35-27-12(11-29)2-5-16(30)31/h3-4,10-12,23,27H,2,5-9H2,1H3,(H,30,31)/t12-/m0/s1. The first-order valence-corrected chi connectivity index (χ1v) is 11.5. The Bertz CT molecular complexity index is 1200. The van der Waals surface area contributed by atoms with E-state index in [1.54, 1.807) is 18.3 Å². The van der Waals surface area contributed by atoms with Crippen molar-refractivity contribution in [3.8, 4) is 23.5 Å². The molecule has 1 saturated heterocycles. The number of carbonyl (C=O) groups excluding carboxylic acids is 1. The van der Waals surface area contributed by atoms with Gasteiger partial charge >= 0.3 is 18.0 Å². The predicted octanol–water partition coefficient (Wildman–Crippen LogP) is 2.07.